The number of rotatable bonds is 7. The van der Waals surface area contributed by atoms with E-state index in [1.165, 1.54) is 0 Å². The van der Waals surface area contributed by atoms with Crippen LogP contribution >= 0.6 is 0 Å². The minimum Gasteiger partial charge on any atom is -0.369 e. The summed E-state index contributed by atoms with van der Waals surface area (Å²) < 4.78 is 42.5. The highest BCUT2D eigenvalue weighted by molar-refractivity contribution is 5.77. The molecule has 1 amide bonds. The molecule has 0 rings (SSSR count). The number of hydrogen-bond acceptors (Lipinski definition) is 2. The van der Waals surface area contributed by atoms with Gasteiger partial charge in [-0.2, -0.15) is 13.2 Å². The highest BCUT2D eigenvalue weighted by Crippen LogP contribution is 2.20. The zero-order valence-electron chi connectivity index (χ0n) is 11.4. The molecule has 0 aromatic heterocycles. The summed E-state index contributed by atoms with van der Waals surface area (Å²) in [4.78, 5) is 12.7. The van der Waals surface area contributed by atoms with Crippen LogP contribution in [-0.4, -0.2) is 42.3 Å². The van der Waals surface area contributed by atoms with Crippen molar-refractivity contribution in [2.45, 2.75) is 58.9 Å². The van der Waals surface area contributed by atoms with Crippen molar-refractivity contribution in [2.24, 2.45) is 0 Å². The van der Waals surface area contributed by atoms with Crippen molar-refractivity contribution in [2.75, 3.05) is 13.2 Å². The summed E-state index contributed by atoms with van der Waals surface area (Å²) in [6, 6.07) is -0.394. The number of carbonyl (C=O) groups is 1. The molecule has 0 saturated carbocycles. The van der Waals surface area contributed by atoms with E-state index in [1.807, 2.05) is 0 Å². The van der Waals surface area contributed by atoms with E-state index < -0.39 is 24.7 Å². The standard InChI is InChI=1S/C12H22F3NO2/c1-5-10(6-2)16(8-12(13,14)15)11(17)7-18-9(3)4/h9-10H,5-8H2,1-4H3. The number of hydrogen-bond donors (Lipinski definition) is 0. The molecule has 0 saturated heterocycles. The van der Waals surface area contributed by atoms with Crippen LogP contribution in [0.2, 0.25) is 0 Å². The molecule has 3 nitrogen and oxygen atoms in total. The van der Waals surface area contributed by atoms with E-state index in [4.69, 9.17) is 4.74 Å². The molecule has 0 aromatic rings. The summed E-state index contributed by atoms with van der Waals surface area (Å²) in [5, 5.41) is 0. The fourth-order valence-electron chi connectivity index (χ4n) is 1.66. The summed E-state index contributed by atoms with van der Waals surface area (Å²) in [6.07, 6.45) is -3.56. The van der Waals surface area contributed by atoms with Crippen LogP contribution in [0.15, 0.2) is 0 Å². The van der Waals surface area contributed by atoms with Gasteiger partial charge in [0.2, 0.25) is 5.91 Å². The number of alkyl halides is 3. The summed E-state index contributed by atoms with van der Waals surface area (Å²) in [7, 11) is 0. The second-order valence-electron chi connectivity index (χ2n) is 4.47. The van der Waals surface area contributed by atoms with Crippen molar-refractivity contribution in [3.8, 4) is 0 Å². The molecule has 0 unspecified atom stereocenters. The van der Waals surface area contributed by atoms with Gasteiger partial charge in [-0.25, -0.2) is 0 Å². The van der Waals surface area contributed by atoms with E-state index in [1.54, 1.807) is 27.7 Å². The first-order valence-electron chi connectivity index (χ1n) is 6.19. The number of ether oxygens (including phenoxy) is 1. The third-order valence-electron chi connectivity index (χ3n) is 2.59. The van der Waals surface area contributed by atoms with Crippen LogP contribution < -0.4 is 0 Å². The van der Waals surface area contributed by atoms with E-state index in [2.05, 4.69) is 0 Å². The van der Waals surface area contributed by atoms with E-state index in [9.17, 15) is 18.0 Å². The Kier molecular flexibility index (Phi) is 7.28. The van der Waals surface area contributed by atoms with Crippen LogP contribution in [0.1, 0.15) is 40.5 Å². The molecule has 108 valence electrons. The molecule has 18 heavy (non-hydrogen) atoms. The third kappa shape index (κ3) is 6.83. The predicted octanol–water partition coefficient (Wildman–Crippen LogP) is 2.99. The Morgan fingerprint density at radius 1 is 1.22 bits per heavy atom. The van der Waals surface area contributed by atoms with Gasteiger partial charge in [0.25, 0.3) is 0 Å². The number of amides is 1. The fraction of sp³-hybridized carbons (Fsp3) is 0.917. The summed E-state index contributed by atoms with van der Waals surface area (Å²) >= 11 is 0. The first-order valence-corrected chi connectivity index (χ1v) is 6.19. The van der Waals surface area contributed by atoms with Gasteiger partial charge in [0.1, 0.15) is 13.2 Å². The molecule has 6 heteroatoms. The molecule has 0 fully saturated rings. The molecule has 0 atom stereocenters. The van der Waals surface area contributed by atoms with Crippen molar-refractivity contribution < 1.29 is 22.7 Å². The molecule has 0 aliphatic heterocycles. The Morgan fingerprint density at radius 3 is 2.06 bits per heavy atom. The second-order valence-corrected chi connectivity index (χ2v) is 4.47. The van der Waals surface area contributed by atoms with Crippen molar-refractivity contribution >= 4 is 5.91 Å². The van der Waals surface area contributed by atoms with Gasteiger partial charge < -0.3 is 9.64 Å². The van der Waals surface area contributed by atoms with Gasteiger partial charge >= 0.3 is 6.18 Å². The lowest BCUT2D eigenvalue weighted by Crippen LogP contribution is -2.47. The Hall–Kier alpha value is -0.780. The monoisotopic (exact) mass is 269 g/mol. The topological polar surface area (TPSA) is 29.5 Å². The molecule has 0 aliphatic carbocycles. The first kappa shape index (κ1) is 17.2. The first-order chi connectivity index (χ1) is 8.21. The van der Waals surface area contributed by atoms with Gasteiger partial charge in [-0.15, -0.1) is 0 Å². The van der Waals surface area contributed by atoms with Gasteiger partial charge in [-0.05, 0) is 26.7 Å². The van der Waals surface area contributed by atoms with Gasteiger partial charge in [-0.3, -0.25) is 4.79 Å². The highest BCUT2D eigenvalue weighted by atomic mass is 19.4. The summed E-state index contributed by atoms with van der Waals surface area (Å²) in [5.41, 5.74) is 0. The summed E-state index contributed by atoms with van der Waals surface area (Å²) in [6.45, 7) is 5.50. The van der Waals surface area contributed by atoms with Gasteiger partial charge in [0, 0.05) is 6.04 Å². The average molecular weight is 269 g/mol. The Balaban J connectivity index is 4.69. The van der Waals surface area contributed by atoms with Crippen molar-refractivity contribution in [1.29, 1.82) is 0 Å². The maximum atomic E-state index is 12.5. The second kappa shape index (κ2) is 7.61. The number of nitrogens with zero attached hydrogens (tertiary/aromatic N) is 1. The van der Waals surface area contributed by atoms with Gasteiger partial charge in [-0.1, -0.05) is 13.8 Å². The molecule has 0 radical (unpaired) electrons. The molecule has 0 bridgehead atoms. The minimum absolute atomic E-state index is 0.177. The Labute approximate surface area is 106 Å². The third-order valence-corrected chi connectivity index (χ3v) is 2.59. The lowest BCUT2D eigenvalue weighted by molar-refractivity contribution is -0.169. The molecular weight excluding hydrogens is 247 g/mol. The van der Waals surface area contributed by atoms with E-state index in [-0.39, 0.29) is 12.7 Å². The van der Waals surface area contributed by atoms with E-state index in [0.717, 1.165) is 4.90 Å². The lowest BCUT2D eigenvalue weighted by Gasteiger charge is -2.31. The molecular formula is C12H22F3NO2. The smallest absolute Gasteiger partial charge is 0.369 e. The van der Waals surface area contributed by atoms with Crippen LogP contribution in [0.3, 0.4) is 0 Å². The van der Waals surface area contributed by atoms with Gasteiger partial charge in [0.15, 0.2) is 0 Å². The number of carbonyl (C=O) groups excluding carboxylic acids is 1. The van der Waals surface area contributed by atoms with Gasteiger partial charge in [0.05, 0.1) is 6.10 Å². The van der Waals surface area contributed by atoms with Crippen LogP contribution in [0.5, 0.6) is 0 Å². The SMILES string of the molecule is CCC(CC)N(CC(F)(F)F)C(=O)COC(C)C. The van der Waals surface area contributed by atoms with Crippen molar-refractivity contribution in [3.05, 3.63) is 0 Å². The molecule has 0 N–H and O–H groups in total. The lowest BCUT2D eigenvalue weighted by atomic mass is 10.1. The van der Waals surface area contributed by atoms with Crippen LogP contribution in [0.4, 0.5) is 13.2 Å². The minimum atomic E-state index is -4.38. The van der Waals surface area contributed by atoms with Crippen molar-refractivity contribution in [3.63, 3.8) is 0 Å². The van der Waals surface area contributed by atoms with E-state index in [0.29, 0.717) is 12.8 Å². The molecule has 0 aromatic carbocycles. The largest absolute Gasteiger partial charge is 0.406 e. The van der Waals surface area contributed by atoms with Crippen molar-refractivity contribution in [1.82, 2.24) is 4.90 Å². The summed E-state index contributed by atoms with van der Waals surface area (Å²) in [5.74, 6) is -0.602. The average Bonchev–Trinajstić information content (AvgIpc) is 2.24. The zero-order valence-corrected chi connectivity index (χ0v) is 11.4. The fourth-order valence-corrected chi connectivity index (χ4v) is 1.66. The Bertz CT molecular complexity index is 250. The normalized spacial score (nSPS) is 12.3. The number of halogens is 3. The van der Waals surface area contributed by atoms with Crippen LogP contribution in [-0.2, 0) is 9.53 Å². The van der Waals surface area contributed by atoms with Crippen LogP contribution in [0.25, 0.3) is 0 Å². The molecule has 0 spiro atoms. The quantitative estimate of drug-likeness (QED) is 0.711. The zero-order chi connectivity index (χ0) is 14.3. The molecule has 0 heterocycles. The molecule has 0 aliphatic rings. The van der Waals surface area contributed by atoms with E-state index >= 15 is 0 Å². The highest BCUT2D eigenvalue weighted by Gasteiger charge is 2.35. The maximum absolute atomic E-state index is 12.5. The Morgan fingerprint density at radius 2 is 1.72 bits per heavy atom. The predicted molar refractivity (Wildman–Crippen MR) is 63.2 cm³/mol. The van der Waals surface area contributed by atoms with Crippen LogP contribution in [0, 0.1) is 0 Å². The maximum Gasteiger partial charge on any atom is 0.406 e.